The Balaban J connectivity index is 2.66. The maximum Gasteiger partial charge on any atom is 0.347 e. The van der Waals surface area contributed by atoms with E-state index in [0.717, 1.165) is 0 Å². The zero-order valence-corrected chi connectivity index (χ0v) is 9.85. The minimum Gasteiger partial charge on any atom is -0.495 e. The molecule has 0 spiro atoms. The Morgan fingerprint density at radius 1 is 1.44 bits per heavy atom. The van der Waals surface area contributed by atoms with Crippen LogP contribution in [0, 0.1) is 4.77 Å². The Bertz CT molecular complexity index is 601. The molecule has 0 radical (unpaired) electrons. The van der Waals surface area contributed by atoms with E-state index >= 15 is 0 Å². The number of aromatic amines is 2. The highest BCUT2D eigenvalue weighted by molar-refractivity contribution is 7.71. The molecule has 0 saturated carbocycles. The summed E-state index contributed by atoms with van der Waals surface area (Å²) in [7, 11) is 1.51. The fraction of sp³-hybridized carbons (Fsp3) is 0.111. The number of halogens is 1. The second-order valence-corrected chi connectivity index (χ2v) is 3.81. The van der Waals surface area contributed by atoms with Gasteiger partial charge < -0.3 is 4.74 Å². The van der Waals surface area contributed by atoms with E-state index in [4.69, 9.17) is 28.6 Å². The third-order valence-corrected chi connectivity index (χ3v) is 2.67. The highest BCUT2D eigenvalue weighted by Crippen LogP contribution is 2.26. The van der Waals surface area contributed by atoms with Gasteiger partial charge in [-0.2, -0.15) is 0 Å². The molecule has 2 rings (SSSR count). The van der Waals surface area contributed by atoms with Crippen molar-refractivity contribution in [1.82, 2.24) is 14.8 Å². The van der Waals surface area contributed by atoms with Gasteiger partial charge in [0.2, 0.25) is 4.77 Å². The van der Waals surface area contributed by atoms with Crippen LogP contribution in [0.1, 0.15) is 0 Å². The van der Waals surface area contributed by atoms with Crippen LogP contribution in [0.25, 0.3) is 5.69 Å². The molecule has 7 heteroatoms. The first-order chi connectivity index (χ1) is 7.63. The number of H-pyrrole nitrogens is 2. The van der Waals surface area contributed by atoms with Crippen LogP contribution in [0.4, 0.5) is 0 Å². The topological polar surface area (TPSA) is 62.8 Å². The molecule has 0 unspecified atom stereocenters. The highest BCUT2D eigenvalue weighted by Gasteiger charge is 2.07. The Kier molecular flexibility index (Phi) is 2.84. The van der Waals surface area contributed by atoms with Crippen molar-refractivity contribution in [2.45, 2.75) is 0 Å². The van der Waals surface area contributed by atoms with Crippen molar-refractivity contribution in [2.24, 2.45) is 0 Å². The molecule has 84 valence electrons. The molecule has 0 amide bonds. The van der Waals surface area contributed by atoms with Gasteiger partial charge in [-0.3, -0.25) is 5.10 Å². The number of rotatable bonds is 2. The van der Waals surface area contributed by atoms with Gasteiger partial charge in [0.1, 0.15) is 5.75 Å². The summed E-state index contributed by atoms with van der Waals surface area (Å²) in [4.78, 5) is 11.5. The van der Waals surface area contributed by atoms with Crippen molar-refractivity contribution >= 4 is 23.8 Å². The smallest absolute Gasteiger partial charge is 0.347 e. The predicted octanol–water partition coefficient (Wildman–Crippen LogP) is 1.89. The Labute approximate surface area is 101 Å². The van der Waals surface area contributed by atoms with Gasteiger partial charge in [0.05, 0.1) is 17.8 Å². The van der Waals surface area contributed by atoms with Gasteiger partial charge >= 0.3 is 5.69 Å². The Morgan fingerprint density at radius 3 is 2.75 bits per heavy atom. The van der Waals surface area contributed by atoms with Crippen molar-refractivity contribution in [3.63, 3.8) is 0 Å². The van der Waals surface area contributed by atoms with Crippen molar-refractivity contribution < 1.29 is 4.74 Å². The molecule has 1 aromatic carbocycles. The summed E-state index contributed by atoms with van der Waals surface area (Å²) in [5.74, 6) is 0.488. The number of hydrogen-bond donors (Lipinski definition) is 2. The fourth-order valence-electron chi connectivity index (χ4n) is 1.33. The number of hydrogen-bond acceptors (Lipinski definition) is 3. The minimum atomic E-state index is -0.339. The van der Waals surface area contributed by atoms with E-state index in [1.807, 2.05) is 0 Å². The zero-order chi connectivity index (χ0) is 11.7. The average Bonchev–Trinajstić information content (AvgIpc) is 2.60. The molecular weight excluding hydrogens is 250 g/mol. The largest absolute Gasteiger partial charge is 0.495 e. The van der Waals surface area contributed by atoms with E-state index in [0.29, 0.717) is 16.5 Å². The van der Waals surface area contributed by atoms with Gasteiger partial charge in [-0.05, 0) is 24.4 Å². The Morgan fingerprint density at radius 2 is 2.19 bits per heavy atom. The van der Waals surface area contributed by atoms with E-state index in [-0.39, 0.29) is 10.5 Å². The summed E-state index contributed by atoms with van der Waals surface area (Å²) in [6.07, 6.45) is 0. The molecule has 2 N–H and O–H groups in total. The van der Waals surface area contributed by atoms with Crippen LogP contribution in [0.2, 0.25) is 5.02 Å². The number of aromatic nitrogens is 3. The lowest BCUT2D eigenvalue weighted by atomic mass is 10.3. The highest BCUT2D eigenvalue weighted by atomic mass is 35.5. The number of methoxy groups -OCH3 is 1. The third kappa shape index (κ3) is 1.77. The molecule has 0 aliphatic rings. The van der Waals surface area contributed by atoms with E-state index in [9.17, 15) is 4.79 Å². The predicted molar refractivity (Wildman–Crippen MR) is 63.1 cm³/mol. The molecule has 0 bridgehead atoms. The SMILES string of the molecule is COc1cc(-n2c(=O)[nH][nH]c2=S)ccc1Cl. The van der Waals surface area contributed by atoms with Gasteiger partial charge in [-0.25, -0.2) is 14.5 Å². The first kappa shape index (κ1) is 11.0. The monoisotopic (exact) mass is 257 g/mol. The molecule has 5 nitrogen and oxygen atoms in total. The summed E-state index contributed by atoms with van der Waals surface area (Å²) < 4.78 is 6.66. The van der Waals surface area contributed by atoms with Crippen molar-refractivity contribution in [1.29, 1.82) is 0 Å². The van der Waals surface area contributed by atoms with Crippen molar-refractivity contribution in [3.8, 4) is 11.4 Å². The van der Waals surface area contributed by atoms with Crippen LogP contribution >= 0.6 is 23.8 Å². The lowest BCUT2D eigenvalue weighted by molar-refractivity contribution is 0.415. The van der Waals surface area contributed by atoms with Gasteiger partial charge in [-0.15, -0.1) is 0 Å². The summed E-state index contributed by atoms with van der Waals surface area (Å²) in [5.41, 5.74) is 0.253. The molecule has 2 aromatic rings. The summed E-state index contributed by atoms with van der Waals surface area (Å²) in [6.45, 7) is 0. The minimum absolute atomic E-state index is 0.286. The van der Waals surface area contributed by atoms with Crippen molar-refractivity contribution in [3.05, 3.63) is 38.5 Å². The molecule has 0 saturated heterocycles. The van der Waals surface area contributed by atoms with E-state index in [1.165, 1.54) is 11.7 Å². The second-order valence-electron chi connectivity index (χ2n) is 3.01. The van der Waals surface area contributed by atoms with Crippen LogP contribution in [0.5, 0.6) is 5.75 Å². The molecule has 0 aliphatic heterocycles. The second kappa shape index (κ2) is 4.15. The van der Waals surface area contributed by atoms with Gasteiger partial charge in [0.15, 0.2) is 0 Å². The van der Waals surface area contributed by atoms with Crippen LogP contribution in [0.3, 0.4) is 0 Å². The quantitative estimate of drug-likeness (QED) is 0.808. The standard InChI is InChI=1S/C9H8ClN3O2S/c1-15-7-4-5(2-3-6(7)10)13-8(14)11-12-9(13)16/h2-4H,1H3,(H,11,14)(H,12,16). The van der Waals surface area contributed by atoms with Gasteiger partial charge in [0, 0.05) is 6.07 Å². The summed E-state index contributed by atoms with van der Waals surface area (Å²) in [6, 6.07) is 4.97. The van der Waals surface area contributed by atoms with E-state index < -0.39 is 0 Å². The first-order valence-electron chi connectivity index (χ1n) is 4.37. The van der Waals surface area contributed by atoms with E-state index in [1.54, 1.807) is 18.2 Å². The summed E-state index contributed by atoms with van der Waals surface area (Å²) in [5, 5.41) is 5.42. The molecule has 0 atom stereocenters. The fourth-order valence-corrected chi connectivity index (χ4v) is 1.77. The Hall–Kier alpha value is -1.53. The lowest BCUT2D eigenvalue weighted by Gasteiger charge is -2.05. The number of benzene rings is 1. The number of nitrogens with one attached hydrogen (secondary N) is 2. The molecule has 1 aromatic heterocycles. The zero-order valence-electron chi connectivity index (χ0n) is 8.28. The number of nitrogens with zero attached hydrogens (tertiary/aromatic N) is 1. The van der Waals surface area contributed by atoms with Crippen LogP contribution in [-0.2, 0) is 0 Å². The molecule has 16 heavy (non-hydrogen) atoms. The number of ether oxygens (including phenoxy) is 1. The summed E-state index contributed by atoms with van der Waals surface area (Å²) >= 11 is 10.9. The maximum atomic E-state index is 11.5. The molecule has 1 heterocycles. The maximum absolute atomic E-state index is 11.5. The van der Waals surface area contributed by atoms with Crippen LogP contribution in [0.15, 0.2) is 23.0 Å². The van der Waals surface area contributed by atoms with Gasteiger partial charge in [0.25, 0.3) is 0 Å². The first-order valence-corrected chi connectivity index (χ1v) is 5.15. The lowest BCUT2D eigenvalue weighted by Crippen LogP contribution is -2.14. The third-order valence-electron chi connectivity index (χ3n) is 2.08. The van der Waals surface area contributed by atoms with Crippen molar-refractivity contribution in [2.75, 3.05) is 7.11 Å². The van der Waals surface area contributed by atoms with Gasteiger partial charge in [-0.1, -0.05) is 11.6 Å². The van der Waals surface area contributed by atoms with Crippen LogP contribution in [-0.4, -0.2) is 21.9 Å². The normalized spacial score (nSPS) is 10.4. The molecule has 0 fully saturated rings. The van der Waals surface area contributed by atoms with Crippen LogP contribution < -0.4 is 10.4 Å². The molecular formula is C9H8ClN3O2S. The van der Waals surface area contributed by atoms with E-state index in [2.05, 4.69) is 10.2 Å². The average molecular weight is 258 g/mol. The molecule has 0 aliphatic carbocycles.